The number of benzene rings is 1. The van der Waals surface area contributed by atoms with E-state index < -0.39 is 0 Å². The van der Waals surface area contributed by atoms with Crippen LogP contribution >= 0.6 is 0 Å². The largest absolute Gasteiger partial charge is 0.298 e. The van der Waals surface area contributed by atoms with Gasteiger partial charge in [-0.05, 0) is 55.9 Å². The highest BCUT2D eigenvalue weighted by molar-refractivity contribution is 5.89. The number of carbonyl (C=O) groups excluding carboxylic acids is 1. The molecule has 1 aliphatic heterocycles. The van der Waals surface area contributed by atoms with Gasteiger partial charge in [-0.3, -0.25) is 19.4 Å². The number of hydrogen-bond donors (Lipinski definition) is 0. The van der Waals surface area contributed by atoms with Gasteiger partial charge in [0.05, 0.1) is 18.7 Å². The second-order valence-electron chi connectivity index (χ2n) is 7.56. The zero-order chi connectivity index (χ0) is 18.8. The van der Waals surface area contributed by atoms with Crippen molar-refractivity contribution in [3.05, 3.63) is 48.5 Å². The van der Waals surface area contributed by atoms with Crippen molar-refractivity contribution in [3.63, 3.8) is 0 Å². The van der Waals surface area contributed by atoms with Gasteiger partial charge in [0.25, 0.3) is 0 Å². The quantitative estimate of drug-likeness (QED) is 0.696. The molecule has 140 valence electrons. The third-order valence-electron chi connectivity index (χ3n) is 5.58. The van der Waals surface area contributed by atoms with Crippen molar-refractivity contribution in [2.24, 2.45) is 7.05 Å². The minimum atomic E-state index is -0.0236. The first-order valence-corrected chi connectivity index (χ1v) is 9.74. The molecule has 27 heavy (non-hydrogen) atoms. The number of carbonyl (C=O) groups is 1. The van der Waals surface area contributed by atoms with Gasteiger partial charge in [-0.25, -0.2) is 0 Å². The minimum Gasteiger partial charge on any atom is -0.298 e. The lowest BCUT2D eigenvalue weighted by molar-refractivity contribution is -0.123. The standard InChI is InChI=1S/C22H26N4O/c1-16(26-8-4-3-5-9-26)22(27)12-21-11-19-10-17(6-7-18(19)13-23-21)20-14-24-25(2)15-20/h6-7,10-11,13-16H,3-5,8-9,12H2,1-2H3. The maximum absolute atomic E-state index is 12.7. The summed E-state index contributed by atoms with van der Waals surface area (Å²) in [6.07, 6.45) is 9.82. The first-order chi connectivity index (χ1) is 13.1. The summed E-state index contributed by atoms with van der Waals surface area (Å²) in [4.78, 5) is 19.6. The number of aryl methyl sites for hydroxylation is 1. The van der Waals surface area contributed by atoms with E-state index in [4.69, 9.17) is 0 Å². The molecule has 2 aromatic heterocycles. The van der Waals surface area contributed by atoms with Crippen LogP contribution in [0.2, 0.25) is 0 Å². The van der Waals surface area contributed by atoms with E-state index in [1.165, 1.54) is 19.3 Å². The zero-order valence-corrected chi connectivity index (χ0v) is 16.1. The Labute approximate surface area is 160 Å². The molecule has 1 saturated heterocycles. The van der Waals surface area contributed by atoms with Crippen molar-refractivity contribution in [1.29, 1.82) is 0 Å². The third-order valence-corrected chi connectivity index (χ3v) is 5.58. The van der Waals surface area contributed by atoms with Crippen molar-refractivity contribution in [2.75, 3.05) is 13.1 Å². The molecule has 0 saturated carbocycles. The first-order valence-electron chi connectivity index (χ1n) is 9.74. The van der Waals surface area contributed by atoms with Gasteiger partial charge >= 0.3 is 0 Å². The summed E-state index contributed by atoms with van der Waals surface area (Å²) < 4.78 is 1.80. The Morgan fingerprint density at radius 3 is 2.63 bits per heavy atom. The lowest BCUT2D eigenvalue weighted by Crippen LogP contribution is -2.42. The number of pyridine rings is 1. The Balaban J connectivity index is 1.54. The van der Waals surface area contributed by atoms with E-state index in [2.05, 4.69) is 39.2 Å². The fourth-order valence-corrected chi connectivity index (χ4v) is 3.87. The second kappa shape index (κ2) is 7.61. The van der Waals surface area contributed by atoms with E-state index in [-0.39, 0.29) is 11.8 Å². The van der Waals surface area contributed by atoms with Crippen LogP contribution in [0.1, 0.15) is 31.9 Å². The molecular weight excluding hydrogens is 336 g/mol. The summed E-state index contributed by atoms with van der Waals surface area (Å²) in [5.41, 5.74) is 3.06. The molecule has 5 heteroatoms. The number of hydrogen-bond acceptors (Lipinski definition) is 4. The summed E-state index contributed by atoms with van der Waals surface area (Å²) >= 11 is 0. The average Bonchev–Trinajstić information content (AvgIpc) is 3.14. The minimum absolute atomic E-state index is 0.0236. The number of ketones is 1. The Hall–Kier alpha value is -2.53. The van der Waals surface area contributed by atoms with Gasteiger partial charge in [0, 0.05) is 36.1 Å². The number of Topliss-reactive ketones (excluding diaryl/α,β-unsaturated/α-hetero) is 1. The summed E-state index contributed by atoms with van der Waals surface area (Å²) in [5, 5.41) is 6.45. The molecule has 3 aromatic rings. The molecule has 0 N–H and O–H groups in total. The highest BCUT2D eigenvalue weighted by Gasteiger charge is 2.23. The van der Waals surface area contributed by atoms with Gasteiger partial charge in [0.15, 0.2) is 5.78 Å². The van der Waals surface area contributed by atoms with E-state index in [0.29, 0.717) is 6.42 Å². The zero-order valence-electron chi connectivity index (χ0n) is 16.1. The van der Waals surface area contributed by atoms with Crippen molar-refractivity contribution in [2.45, 2.75) is 38.6 Å². The molecule has 5 nitrogen and oxygen atoms in total. The van der Waals surface area contributed by atoms with Gasteiger partial charge in [0.1, 0.15) is 0 Å². The summed E-state index contributed by atoms with van der Waals surface area (Å²) in [7, 11) is 1.92. The van der Waals surface area contributed by atoms with Crippen LogP contribution in [0.3, 0.4) is 0 Å². The van der Waals surface area contributed by atoms with Crippen LogP contribution in [0, 0.1) is 0 Å². The lowest BCUT2D eigenvalue weighted by atomic mass is 10.0. The van der Waals surface area contributed by atoms with Crippen LogP contribution in [0.4, 0.5) is 0 Å². The molecule has 1 aromatic carbocycles. The highest BCUT2D eigenvalue weighted by atomic mass is 16.1. The Morgan fingerprint density at radius 2 is 1.89 bits per heavy atom. The van der Waals surface area contributed by atoms with Crippen LogP contribution in [0.5, 0.6) is 0 Å². The monoisotopic (exact) mass is 362 g/mol. The topological polar surface area (TPSA) is 51.0 Å². The number of fused-ring (bicyclic) bond motifs is 1. The predicted octanol–water partition coefficient (Wildman–Crippen LogP) is 3.62. The molecule has 0 spiro atoms. The molecule has 4 rings (SSSR count). The maximum atomic E-state index is 12.7. The molecule has 1 unspecified atom stereocenters. The van der Waals surface area contributed by atoms with Gasteiger partial charge < -0.3 is 0 Å². The Morgan fingerprint density at radius 1 is 1.07 bits per heavy atom. The normalized spacial score (nSPS) is 16.5. The van der Waals surface area contributed by atoms with Crippen LogP contribution < -0.4 is 0 Å². The predicted molar refractivity (Wildman–Crippen MR) is 108 cm³/mol. The molecule has 1 fully saturated rings. The average molecular weight is 362 g/mol. The van der Waals surface area contributed by atoms with E-state index in [1.807, 2.05) is 32.6 Å². The third kappa shape index (κ3) is 3.93. The first kappa shape index (κ1) is 17.9. The van der Waals surface area contributed by atoms with Gasteiger partial charge in [-0.2, -0.15) is 5.10 Å². The van der Waals surface area contributed by atoms with Crippen molar-refractivity contribution < 1.29 is 4.79 Å². The fraction of sp³-hybridized carbons (Fsp3) is 0.409. The lowest BCUT2D eigenvalue weighted by Gasteiger charge is -2.31. The number of nitrogens with zero attached hydrogens (tertiary/aromatic N) is 4. The maximum Gasteiger partial charge on any atom is 0.155 e. The number of piperidine rings is 1. The molecule has 0 aliphatic carbocycles. The van der Waals surface area contributed by atoms with E-state index in [1.54, 1.807) is 4.68 Å². The molecule has 1 aliphatic rings. The van der Waals surface area contributed by atoms with Crippen molar-refractivity contribution in [1.82, 2.24) is 19.7 Å². The van der Waals surface area contributed by atoms with E-state index in [0.717, 1.165) is 40.7 Å². The van der Waals surface area contributed by atoms with Crippen LogP contribution in [-0.2, 0) is 18.3 Å². The molecule has 1 atom stereocenters. The number of aromatic nitrogens is 3. The highest BCUT2D eigenvalue weighted by Crippen LogP contribution is 2.24. The summed E-state index contributed by atoms with van der Waals surface area (Å²) in [6.45, 7) is 4.11. The molecular formula is C22H26N4O. The van der Waals surface area contributed by atoms with Crippen LogP contribution in [0.15, 0.2) is 42.9 Å². The second-order valence-corrected chi connectivity index (χ2v) is 7.56. The summed E-state index contributed by atoms with van der Waals surface area (Å²) in [5.74, 6) is 0.257. The Kier molecular flexibility index (Phi) is 5.03. The van der Waals surface area contributed by atoms with Crippen molar-refractivity contribution in [3.8, 4) is 11.1 Å². The van der Waals surface area contributed by atoms with E-state index in [9.17, 15) is 4.79 Å². The van der Waals surface area contributed by atoms with Gasteiger partial charge in [0.2, 0.25) is 0 Å². The molecule has 0 bridgehead atoms. The number of likely N-dealkylation sites (tertiary alicyclic amines) is 1. The van der Waals surface area contributed by atoms with Crippen LogP contribution in [-0.4, -0.2) is 44.6 Å². The number of rotatable bonds is 5. The summed E-state index contributed by atoms with van der Waals surface area (Å²) in [6, 6.07) is 8.34. The molecule has 0 radical (unpaired) electrons. The smallest absolute Gasteiger partial charge is 0.155 e. The van der Waals surface area contributed by atoms with Crippen LogP contribution in [0.25, 0.3) is 21.9 Å². The fourth-order valence-electron chi connectivity index (χ4n) is 3.87. The van der Waals surface area contributed by atoms with E-state index >= 15 is 0 Å². The SMILES string of the molecule is CC(C(=O)Cc1cc2cc(-c3cnn(C)c3)ccc2cn1)N1CCCCC1. The van der Waals surface area contributed by atoms with Gasteiger partial charge in [-0.1, -0.05) is 18.6 Å². The Bertz CT molecular complexity index is 956. The van der Waals surface area contributed by atoms with Gasteiger partial charge in [-0.15, -0.1) is 0 Å². The molecule has 0 amide bonds. The molecule has 3 heterocycles. The van der Waals surface area contributed by atoms with Crippen molar-refractivity contribution >= 4 is 16.6 Å².